The highest BCUT2D eigenvalue weighted by Crippen LogP contribution is 2.18. The van der Waals surface area contributed by atoms with E-state index in [2.05, 4.69) is 15.3 Å². The highest BCUT2D eigenvalue weighted by molar-refractivity contribution is 7.89. The monoisotopic (exact) mass is 398 g/mol. The molecule has 144 valence electrons. The first-order valence-electron chi connectivity index (χ1n) is 8.37. The van der Waals surface area contributed by atoms with Gasteiger partial charge < -0.3 is 10.1 Å². The van der Waals surface area contributed by atoms with E-state index in [1.807, 2.05) is 0 Å². The van der Waals surface area contributed by atoms with Crippen LogP contribution in [0.2, 0.25) is 0 Å². The summed E-state index contributed by atoms with van der Waals surface area (Å²) < 4.78 is 28.0. The molecule has 0 bridgehead atoms. The fourth-order valence-corrected chi connectivity index (χ4v) is 2.93. The molecule has 8 nitrogen and oxygen atoms in total. The summed E-state index contributed by atoms with van der Waals surface area (Å²) in [5.41, 5.74) is 1.32. The Kier molecular flexibility index (Phi) is 5.97. The normalized spacial score (nSPS) is 11.0. The second-order valence-corrected chi connectivity index (χ2v) is 7.42. The Bertz CT molecular complexity index is 1050. The molecule has 3 aromatic rings. The second kappa shape index (κ2) is 8.59. The summed E-state index contributed by atoms with van der Waals surface area (Å²) in [5, 5.41) is 7.88. The molecule has 2 aromatic carbocycles. The van der Waals surface area contributed by atoms with Crippen molar-refractivity contribution < 1.29 is 17.9 Å². The molecule has 0 fully saturated rings. The maximum atomic E-state index is 12.3. The van der Waals surface area contributed by atoms with E-state index >= 15 is 0 Å². The van der Waals surface area contributed by atoms with E-state index in [1.54, 1.807) is 54.9 Å². The van der Waals surface area contributed by atoms with Gasteiger partial charge in [-0.25, -0.2) is 23.5 Å². The number of amides is 1. The minimum Gasteiger partial charge on any atom is -0.424 e. The van der Waals surface area contributed by atoms with Crippen molar-refractivity contribution in [2.45, 2.75) is 11.3 Å². The number of carbonyl (C=O) groups excluding carboxylic acids is 1. The largest absolute Gasteiger partial charge is 0.424 e. The second-order valence-electron chi connectivity index (χ2n) is 5.86. The molecule has 1 heterocycles. The Hall–Kier alpha value is -3.30. The first-order chi connectivity index (χ1) is 13.4. The van der Waals surface area contributed by atoms with Gasteiger partial charge >= 0.3 is 6.01 Å². The molecule has 0 radical (unpaired) electrons. The molecule has 3 N–H and O–H groups in total. The average molecular weight is 398 g/mol. The van der Waals surface area contributed by atoms with Crippen molar-refractivity contribution in [1.82, 2.24) is 15.3 Å². The number of hydrogen-bond donors (Lipinski definition) is 2. The number of hydrogen-bond acceptors (Lipinski definition) is 6. The lowest BCUT2D eigenvalue weighted by molar-refractivity contribution is 0.0954. The molecule has 1 aromatic heterocycles. The predicted molar refractivity (Wildman–Crippen MR) is 102 cm³/mol. The zero-order chi connectivity index (χ0) is 20.0. The van der Waals surface area contributed by atoms with Crippen LogP contribution in [-0.4, -0.2) is 30.8 Å². The third kappa shape index (κ3) is 5.35. The van der Waals surface area contributed by atoms with Gasteiger partial charge in [0.2, 0.25) is 10.0 Å². The standard InChI is InChI=1S/C19H18N4O4S/c20-28(25,26)17-7-5-14(6-8-17)9-12-21-18(24)15-3-1-4-16(13-15)27-19-22-10-2-11-23-19/h1-8,10-11,13H,9,12H2,(H,21,24)(H2,20,25,26). The van der Waals surface area contributed by atoms with Crippen LogP contribution in [0, 0.1) is 0 Å². The Morgan fingerprint density at radius 3 is 2.43 bits per heavy atom. The zero-order valence-electron chi connectivity index (χ0n) is 14.8. The van der Waals surface area contributed by atoms with Gasteiger partial charge in [0, 0.05) is 24.5 Å². The number of nitrogens with two attached hydrogens (primary N) is 1. The Morgan fingerprint density at radius 2 is 1.75 bits per heavy atom. The maximum absolute atomic E-state index is 12.3. The number of rotatable bonds is 7. The SMILES string of the molecule is NS(=O)(=O)c1ccc(CCNC(=O)c2cccc(Oc3ncccn3)c2)cc1. The first kappa shape index (κ1) is 19.5. The van der Waals surface area contributed by atoms with Crippen molar-refractivity contribution >= 4 is 15.9 Å². The van der Waals surface area contributed by atoms with Crippen LogP contribution >= 0.6 is 0 Å². The summed E-state index contributed by atoms with van der Waals surface area (Å²) >= 11 is 0. The number of nitrogens with one attached hydrogen (secondary N) is 1. The van der Waals surface area contributed by atoms with E-state index in [9.17, 15) is 13.2 Å². The minimum absolute atomic E-state index is 0.0551. The van der Waals surface area contributed by atoms with E-state index in [-0.39, 0.29) is 16.8 Å². The molecular weight excluding hydrogens is 380 g/mol. The molecule has 0 unspecified atom stereocenters. The van der Waals surface area contributed by atoms with Crippen LogP contribution in [0.3, 0.4) is 0 Å². The Labute approximate surface area is 162 Å². The van der Waals surface area contributed by atoms with E-state index in [4.69, 9.17) is 9.88 Å². The molecule has 0 aliphatic rings. The highest BCUT2D eigenvalue weighted by Gasteiger charge is 2.09. The van der Waals surface area contributed by atoms with E-state index < -0.39 is 10.0 Å². The van der Waals surface area contributed by atoms with Gasteiger partial charge in [-0.15, -0.1) is 0 Å². The lowest BCUT2D eigenvalue weighted by Gasteiger charge is -2.08. The molecule has 0 spiro atoms. The van der Waals surface area contributed by atoms with Crippen molar-refractivity contribution in [1.29, 1.82) is 0 Å². The number of nitrogens with zero attached hydrogens (tertiary/aromatic N) is 2. The minimum atomic E-state index is -3.71. The number of primary sulfonamides is 1. The third-order valence-electron chi connectivity index (χ3n) is 3.80. The van der Waals surface area contributed by atoms with Crippen LogP contribution < -0.4 is 15.2 Å². The first-order valence-corrected chi connectivity index (χ1v) is 9.91. The fraction of sp³-hybridized carbons (Fsp3) is 0.105. The van der Waals surface area contributed by atoms with Crippen LogP contribution in [0.1, 0.15) is 15.9 Å². The van der Waals surface area contributed by atoms with E-state index in [0.717, 1.165) is 5.56 Å². The van der Waals surface area contributed by atoms with Crippen LogP contribution in [-0.2, 0) is 16.4 Å². The number of sulfonamides is 1. The van der Waals surface area contributed by atoms with E-state index in [0.29, 0.717) is 24.3 Å². The van der Waals surface area contributed by atoms with Crippen LogP contribution in [0.25, 0.3) is 0 Å². The van der Waals surface area contributed by atoms with Gasteiger partial charge in [0.25, 0.3) is 5.91 Å². The topological polar surface area (TPSA) is 124 Å². The van der Waals surface area contributed by atoms with Crippen LogP contribution in [0.5, 0.6) is 11.8 Å². The van der Waals surface area contributed by atoms with Gasteiger partial charge in [0.1, 0.15) is 5.75 Å². The molecule has 0 saturated heterocycles. The lowest BCUT2D eigenvalue weighted by Crippen LogP contribution is -2.25. The van der Waals surface area contributed by atoms with Gasteiger partial charge in [0.05, 0.1) is 4.90 Å². The molecule has 28 heavy (non-hydrogen) atoms. The molecule has 0 aliphatic heterocycles. The summed E-state index contributed by atoms with van der Waals surface area (Å²) in [6, 6.07) is 14.8. The Balaban J connectivity index is 1.55. The summed E-state index contributed by atoms with van der Waals surface area (Å²) in [6.07, 6.45) is 3.67. The van der Waals surface area contributed by atoms with Crippen molar-refractivity contribution in [2.24, 2.45) is 5.14 Å². The zero-order valence-corrected chi connectivity index (χ0v) is 15.6. The Morgan fingerprint density at radius 1 is 1.04 bits per heavy atom. The molecule has 1 amide bonds. The number of ether oxygens (including phenoxy) is 1. The van der Waals surface area contributed by atoms with Crippen LogP contribution in [0.15, 0.2) is 71.9 Å². The summed E-state index contributed by atoms with van der Waals surface area (Å²) in [7, 11) is -3.71. The number of benzene rings is 2. The third-order valence-corrected chi connectivity index (χ3v) is 4.73. The maximum Gasteiger partial charge on any atom is 0.321 e. The molecule has 0 atom stereocenters. The lowest BCUT2D eigenvalue weighted by atomic mass is 10.1. The van der Waals surface area contributed by atoms with Gasteiger partial charge in [0.15, 0.2) is 0 Å². The molecule has 0 aliphatic carbocycles. The predicted octanol–water partition coefficient (Wildman–Crippen LogP) is 1.89. The molecule has 0 saturated carbocycles. The average Bonchev–Trinajstić information content (AvgIpc) is 2.68. The summed E-state index contributed by atoms with van der Waals surface area (Å²) in [4.78, 5) is 20.3. The van der Waals surface area contributed by atoms with Gasteiger partial charge in [-0.05, 0) is 48.4 Å². The van der Waals surface area contributed by atoms with Crippen molar-refractivity contribution in [3.8, 4) is 11.8 Å². The van der Waals surface area contributed by atoms with Gasteiger partial charge in [-0.3, -0.25) is 4.79 Å². The van der Waals surface area contributed by atoms with E-state index in [1.165, 1.54) is 12.1 Å². The van der Waals surface area contributed by atoms with Gasteiger partial charge in [-0.1, -0.05) is 18.2 Å². The van der Waals surface area contributed by atoms with Crippen molar-refractivity contribution in [3.05, 3.63) is 78.1 Å². The van der Waals surface area contributed by atoms with Crippen molar-refractivity contribution in [2.75, 3.05) is 6.54 Å². The quantitative estimate of drug-likeness (QED) is 0.626. The number of aromatic nitrogens is 2. The fourth-order valence-electron chi connectivity index (χ4n) is 2.41. The van der Waals surface area contributed by atoms with Crippen molar-refractivity contribution in [3.63, 3.8) is 0 Å². The highest BCUT2D eigenvalue weighted by atomic mass is 32.2. The molecular formula is C19H18N4O4S. The summed E-state index contributed by atoms with van der Waals surface area (Å²) in [6.45, 7) is 0.389. The molecule has 9 heteroatoms. The smallest absolute Gasteiger partial charge is 0.321 e. The van der Waals surface area contributed by atoms with Crippen LogP contribution in [0.4, 0.5) is 0 Å². The van der Waals surface area contributed by atoms with Gasteiger partial charge in [-0.2, -0.15) is 0 Å². The molecule has 3 rings (SSSR count). The number of carbonyl (C=O) groups is 1. The summed E-state index contributed by atoms with van der Waals surface area (Å²) in [5.74, 6) is 0.206.